The molecular weight excluding hydrogens is 128 g/mol. The number of aliphatic hydroxyl groups excluding tert-OH is 1. The lowest BCUT2D eigenvalue weighted by Gasteiger charge is -2.24. The molecule has 4 saturated carbocycles. The van der Waals surface area contributed by atoms with Crippen molar-refractivity contribution in [2.45, 2.75) is 18.9 Å². The Kier molecular flexibility index (Phi) is 0.691. The minimum absolute atomic E-state index is 0.118. The molecule has 4 bridgehead atoms. The van der Waals surface area contributed by atoms with Crippen molar-refractivity contribution in [1.29, 1.82) is 0 Å². The first kappa shape index (κ1) is 5.30. The van der Waals surface area contributed by atoms with Crippen molar-refractivity contribution < 1.29 is 9.90 Å². The fraction of sp³-hybridized carbons (Fsp3) is 0.875. The molecule has 1 N–H and O–H groups in total. The van der Waals surface area contributed by atoms with Gasteiger partial charge in [-0.2, -0.15) is 0 Å². The molecule has 4 aliphatic carbocycles. The van der Waals surface area contributed by atoms with Gasteiger partial charge in [0.05, 0.1) is 6.10 Å². The zero-order chi connectivity index (χ0) is 6.88. The summed E-state index contributed by atoms with van der Waals surface area (Å²) in [6, 6.07) is 0. The predicted octanol–water partition coefficient (Wildman–Crippen LogP) is 0.202. The number of hydrogen-bond donors (Lipinski definition) is 1. The summed E-state index contributed by atoms with van der Waals surface area (Å²) in [7, 11) is 0. The molecule has 0 unspecified atom stereocenters. The molecular formula is C8H10O2. The number of carbonyl (C=O) groups excluding carboxylic acids is 1. The lowest BCUT2D eigenvalue weighted by Crippen LogP contribution is -2.31. The van der Waals surface area contributed by atoms with Crippen LogP contribution in [0.1, 0.15) is 12.8 Å². The smallest absolute Gasteiger partial charge is 0.137 e. The zero-order valence-electron chi connectivity index (χ0n) is 5.66. The molecule has 2 nitrogen and oxygen atoms in total. The number of ketones is 1. The van der Waals surface area contributed by atoms with Crippen molar-refractivity contribution in [2.24, 2.45) is 23.7 Å². The zero-order valence-corrected chi connectivity index (χ0v) is 5.66. The normalized spacial score (nSPS) is 62.9. The highest BCUT2D eigenvalue weighted by atomic mass is 16.3. The van der Waals surface area contributed by atoms with Crippen molar-refractivity contribution in [3.63, 3.8) is 0 Å². The third kappa shape index (κ3) is 0.382. The van der Waals surface area contributed by atoms with E-state index in [9.17, 15) is 9.90 Å². The van der Waals surface area contributed by atoms with Gasteiger partial charge in [-0.3, -0.25) is 4.79 Å². The molecule has 4 rings (SSSR count). The van der Waals surface area contributed by atoms with E-state index in [1.54, 1.807) is 0 Å². The quantitative estimate of drug-likeness (QED) is 0.519. The van der Waals surface area contributed by atoms with E-state index >= 15 is 0 Å². The fourth-order valence-corrected chi connectivity index (χ4v) is 3.03. The van der Waals surface area contributed by atoms with Crippen LogP contribution in [0.25, 0.3) is 0 Å². The SMILES string of the molecule is O=C1C[C@@H]2C[C@@H]3[C@@H]1[C@H]3[C@H]2O. The molecule has 4 aliphatic rings. The first-order valence-corrected chi connectivity index (χ1v) is 4.00. The Balaban J connectivity index is 2.01. The molecule has 0 radical (unpaired) electrons. The first-order valence-electron chi connectivity index (χ1n) is 4.00. The van der Waals surface area contributed by atoms with Crippen LogP contribution >= 0.6 is 0 Å². The van der Waals surface area contributed by atoms with Crippen LogP contribution < -0.4 is 0 Å². The van der Waals surface area contributed by atoms with Gasteiger partial charge < -0.3 is 5.11 Å². The van der Waals surface area contributed by atoms with Gasteiger partial charge in [-0.15, -0.1) is 0 Å². The molecule has 0 heterocycles. The Morgan fingerprint density at radius 1 is 1.50 bits per heavy atom. The molecule has 0 amide bonds. The molecule has 10 heavy (non-hydrogen) atoms. The van der Waals surface area contributed by atoms with Crippen molar-refractivity contribution in [1.82, 2.24) is 0 Å². The number of rotatable bonds is 0. The second kappa shape index (κ2) is 1.30. The van der Waals surface area contributed by atoms with Gasteiger partial charge in [0.1, 0.15) is 5.78 Å². The average molecular weight is 138 g/mol. The molecule has 2 heteroatoms. The van der Waals surface area contributed by atoms with Crippen molar-refractivity contribution in [2.75, 3.05) is 0 Å². The minimum atomic E-state index is -0.118. The molecule has 0 aromatic carbocycles. The molecule has 0 aromatic heterocycles. The second-order valence-corrected chi connectivity index (χ2v) is 3.92. The summed E-state index contributed by atoms with van der Waals surface area (Å²) >= 11 is 0. The molecule has 5 atom stereocenters. The largest absolute Gasteiger partial charge is 0.393 e. The number of Topliss-reactive ketones (excluding diaryl/α,β-unsaturated/α-hetero) is 1. The highest BCUT2D eigenvalue weighted by Crippen LogP contribution is 2.64. The maximum atomic E-state index is 11.1. The van der Waals surface area contributed by atoms with Crippen LogP contribution in [0.4, 0.5) is 0 Å². The van der Waals surface area contributed by atoms with E-state index < -0.39 is 0 Å². The topological polar surface area (TPSA) is 37.3 Å². The molecule has 0 spiro atoms. The highest BCUT2D eigenvalue weighted by Gasteiger charge is 2.67. The Labute approximate surface area is 59.2 Å². The van der Waals surface area contributed by atoms with Gasteiger partial charge in [-0.05, 0) is 24.2 Å². The number of hydrogen-bond acceptors (Lipinski definition) is 2. The van der Waals surface area contributed by atoms with Gasteiger partial charge in [-0.25, -0.2) is 0 Å². The summed E-state index contributed by atoms with van der Waals surface area (Å²) in [6.07, 6.45) is 1.67. The number of fused-ring (bicyclic) bond motifs is 1. The Morgan fingerprint density at radius 2 is 2.30 bits per heavy atom. The van der Waals surface area contributed by atoms with Crippen LogP contribution in [-0.2, 0) is 4.79 Å². The van der Waals surface area contributed by atoms with E-state index in [0.717, 1.165) is 6.42 Å². The van der Waals surface area contributed by atoms with Gasteiger partial charge >= 0.3 is 0 Å². The van der Waals surface area contributed by atoms with E-state index in [4.69, 9.17) is 0 Å². The first-order chi connectivity index (χ1) is 4.79. The summed E-state index contributed by atoms with van der Waals surface area (Å²) in [5.74, 6) is 2.05. The van der Waals surface area contributed by atoms with Crippen molar-refractivity contribution >= 4 is 5.78 Å². The third-order valence-electron chi connectivity index (χ3n) is 3.52. The summed E-state index contributed by atoms with van der Waals surface area (Å²) < 4.78 is 0. The van der Waals surface area contributed by atoms with Crippen LogP contribution in [-0.4, -0.2) is 17.0 Å². The Bertz CT molecular complexity index is 209. The van der Waals surface area contributed by atoms with E-state index in [1.165, 1.54) is 0 Å². The lowest BCUT2D eigenvalue weighted by atomic mass is 9.83. The van der Waals surface area contributed by atoms with Crippen LogP contribution in [0.15, 0.2) is 0 Å². The van der Waals surface area contributed by atoms with Crippen LogP contribution in [0.2, 0.25) is 0 Å². The second-order valence-electron chi connectivity index (χ2n) is 3.92. The van der Waals surface area contributed by atoms with Gasteiger partial charge in [0, 0.05) is 12.3 Å². The summed E-state index contributed by atoms with van der Waals surface area (Å²) in [5.41, 5.74) is 0. The number of carbonyl (C=O) groups is 1. The monoisotopic (exact) mass is 138 g/mol. The minimum Gasteiger partial charge on any atom is -0.393 e. The maximum Gasteiger partial charge on any atom is 0.137 e. The molecule has 54 valence electrons. The lowest BCUT2D eigenvalue weighted by molar-refractivity contribution is -0.126. The molecule has 0 aromatic rings. The van der Waals surface area contributed by atoms with Crippen LogP contribution in [0.5, 0.6) is 0 Å². The average Bonchev–Trinajstić information content (AvgIpc) is 2.54. The number of aliphatic hydroxyl groups is 1. The predicted molar refractivity (Wildman–Crippen MR) is 34.2 cm³/mol. The summed E-state index contributed by atoms with van der Waals surface area (Å²) in [6.45, 7) is 0. The highest BCUT2D eigenvalue weighted by molar-refractivity contribution is 5.87. The Hall–Kier alpha value is -0.370. The van der Waals surface area contributed by atoms with Gasteiger partial charge in [-0.1, -0.05) is 0 Å². The van der Waals surface area contributed by atoms with E-state index in [2.05, 4.69) is 0 Å². The van der Waals surface area contributed by atoms with Crippen molar-refractivity contribution in [3.8, 4) is 0 Å². The Morgan fingerprint density at radius 3 is 2.70 bits per heavy atom. The molecule has 4 fully saturated rings. The van der Waals surface area contributed by atoms with Crippen LogP contribution in [0, 0.1) is 23.7 Å². The summed E-state index contributed by atoms with van der Waals surface area (Å²) in [4.78, 5) is 11.1. The summed E-state index contributed by atoms with van der Waals surface area (Å²) in [5, 5.41) is 9.50. The fourth-order valence-electron chi connectivity index (χ4n) is 3.03. The molecule has 0 aliphatic heterocycles. The van der Waals surface area contributed by atoms with Gasteiger partial charge in [0.2, 0.25) is 0 Å². The third-order valence-corrected chi connectivity index (χ3v) is 3.52. The maximum absolute atomic E-state index is 11.1. The molecule has 0 saturated heterocycles. The van der Waals surface area contributed by atoms with E-state index in [1.807, 2.05) is 0 Å². The van der Waals surface area contributed by atoms with Crippen molar-refractivity contribution in [3.05, 3.63) is 0 Å². The van der Waals surface area contributed by atoms with Gasteiger partial charge in [0.25, 0.3) is 0 Å². The van der Waals surface area contributed by atoms with Crippen LogP contribution in [0.3, 0.4) is 0 Å². The van der Waals surface area contributed by atoms with Gasteiger partial charge in [0.15, 0.2) is 0 Å². The van der Waals surface area contributed by atoms with E-state index in [0.29, 0.717) is 35.9 Å². The van der Waals surface area contributed by atoms with E-state index in [-0.39, 0.29) is 6.10 Å². The standard InChI is InChI=1S/C8H10O2/c9-5-2-3-1-4-6(5)7(4)8(3)10/h3-4,6-8,10H,1-2H2/t3-,4+,6-,7-,8-/m0/s1.